The zero-order chi connectivity index (χ0) is 16.4. The summed E-state index contributed by atoms with van der Waals surface area (Å²) in [5, 5.41) is 6.76. The number of aliphatic imine (C=N–C) groups is 1. The van der Waals surface area contributed by atoms with E-state index in [9.17, 15) is 4.79 Å². The number of benzene rings is 1. The third kappa shape index (κ3) is 4.31. The molecule has 1 aliphatic heterocycles. The second-order valence-electron chi connectivity index (χ2n) is 6.29. The normalized spacial score (nSPS) is 26.0. The van der Waals surface area contributed by atoms with E-state index in [4.69, 9.17) is 4.74 Å². The Hall–Kier alpha value is -1.51. The van der Waals surface area contributed by atoms with Gasteiger partial charge >= 0.3 is 0 Å². The molecule has 0 aromatic heterocycles. The Labute approximate surface area is 160 Å². The first kappa shape index (κ1) is 18.8. The van der Waals surface area contributed by atoms with Crippen molar-refractivity contribution in [1.82, 2.24) is 10.6 Å². The van der Waals surface area contributed by atoms with Gasteiger partial charge in [0.05, 0.1) is 13.2 Å². The number of halogens is 1. The molecular weight excluding hydrogens is 419 g/mol. The molecule has 0 radical (unpaired) electrons. The van der Waals surface area contributed by atoms with Crippen LogP contribution in [0.1, 0.15) is 19.8 Å². The Morgan fingerprint density at radius 2 is 2.12 bits per heavy atom. The minimum atomic E-state index is 0. The third-order valence-corrected chi connectivity index (χ3v) is 4.49. The van der Waals surface area contributed by atoms with E-state index in [-0.39, 0.29) is 35.9 Å². The van der Waals surface area contributed by atoms with Crippen LogP contribution < -0.4 is 20.3 Å². The van der Waals surface area contributed by atoms with Crippen LogP contribution in [0.5, 0.6) is 5.75 Å². The van der Waals surface area contributed by atoms with Crippen molar-refractivity contribution in [3.05, 3.63) is 24.3 Å². The Kier molecular flexibility index (Phi) is 6.31. The molecule has 2 aliphatic rings. The van der Waals surface area contributed by atoms with E-state index in [2.05, 4.69) is 22.5 Å². The summed E-state index contributed by atoms with van der Waals surface area (Å²) in [6.07, 6.45) is 1.65. The van der Waals surface area contributed by atoms with Crippen LogP contribution in [0.15, 0.2) is 29.3 Å². The lowest BCUT2D eigenvalue weighted by molar-refractivity contribution is -0.117. The lowest BCUT2D eigenvalue weighted by atomic mass is 10.2. The third-order valence-electron chi connectivity index (χ3n) is 4.49. The number of nitrogens with zero attached hydrogens (tertiary/aromatic N) is 2. The van der Waals surface area contributed by atoms with Gasteiger partial charge < -0.3 is 20.3 Å². The van der Waals surface area contributed by atoms with E-state index >= 15 is 0 Å². The van der Waals surface area contributed by atoms with E-state index in [1.54, 1.807) is 19.1 Å². The Bertz CT molecular complexity index is 622. The maximum Gasteiger partial charge on any atom is 0.229 e. The molecule has 1 aromatic carbocycles. The van der Waals surface area contributed by atoms with Crippen LogP contribution >= 0.6 is 24.0 Å². The van der Waals surface area contributed by atoms with E-state index in [0.29, 0.717) is 24.9 Å². The van der Waals surface area contributed by atoms with Crippen molar-refractivity contribution in [2.45, 2.75) is 31.8 Å². The molecule has 2 fully saturated rings. The molecule has 24 heavy (non-hydrogen) atoms. The SMILES string of the molecule is CN=C(NC1CC(=O)N(c2cccc(OC)c2)C1)NC1CC1C.I. The number of carbonyl (C=O) groups excluding carboxylic acids is 1. The van der Waals surface area contributed by atoms with Crippen molar-refractivity contribution in [1.29, 1.82) is 0 Å². The molecule has 0 bridgehead atoms. The number of carbonyl (C=O) groups is 1. The molecule has 1 aliphatic carbocycles. The van der Waals surface area contributed by atoms with Gasteiger partial charge in [0.2, 0.25) is 5.91 Å². The molecule has 132 valence electrons. The largest absolute Gasteiger partial charge is 0.497 e. The van der Waals surface area contributed by atoms with Gasteiger partial charge in [0.15, 0.2) is 5.96 Å². The maximum atomic E-state index is 12.3. The molecule has 7 heteroatoms. The molecule has 3 atom stereocenters. The minimum Gasteiger partial charge on any atom is -0.497 e. The molecule has 1 saturated heterocycles. The number of guanidine groups is 1. The summed E-state index contributed by atoms with van der Waals surface area (Å²) in [7, 11) is 3.39. The molecule has 1 saturated carbocycles. The van der Waals surface area contributed by atoms with Crippen molar-refractivity contribution in [3.63, 3.8) is 0 Å². The standard InChI is InChI=1S/C17H24N4O2.HI/c1-11-7-15(11)20-17(18-2)19-12-8-16(22)21(10-12)13-5-4-6-14(9-13)23-3;/h4-6,9,11-12,15H,7-8,10H2,1-3H3,(H2,18,19,20);1H. The lowest BCUT2D eigenvalue weighted by Gasteiger charge is -2.19. The van der Waals surface area contributed by atoms with Crippen LogP contribution in [0.3, 0.4) is 0 Å². The van der Waals surface area contributed by atoms with Gasteiger partial charge in [0, 0.05) is 37.8 Å². The molecular formula is C17H25IN4O2. The van der Waals surface area contributed by atoms with Gasteiger partial charge in [-0.25, -0.2) is 0 Å². The predicted octanol–water partition coefficient (Wildman–Crippen LogP) is 1.99. The zero-order valence-corrected chi connectivity index (χ0v) is 16.6. The van der Waals surface area contributed by atoms with Gasteiger partial charge in [-0.3, -0.25) is 9.79 Å². The predicted molar refractivity (Wildman–Crippen MR) is 106 cm³/mol. The Balaban J connectivity index is 0.00000208. The molecule has 6 nitrogen and oxygen atoms in total. The fourth-order valence-corrected chi connectivity index (χ4v) is 2.90. The monoisotopic (exact) mass is 444 g/mol. The van der Waals surface area contributed by atoms with E-state index in [1.807, 2.05) is 24.3 Å². The molecule has 3 rings (SSSR count). The summed E-state index contributed by atoms with van der Waals surface area (Å²) in [5.41, 5.74) is 0.873. The molecule has 3 unspecified atom stereocenters. The highest BCUT2D eigenvalue weighted by Gasteiger charge is 2.35. The first-order valence-corrected chi connectivity index (χ1v) is 8.05. The Morgan fingerprint density at radius 1 is 1.38 bits per heavy atom. The summed E-state index contributed by atoms with van der Waals surface area (Å²) >= 11 is 0. The number of hydrogen-bond donors (Lipinski definition) is 2. The molecule has 0 spiro atoms. The number of hydrogen-bond acceptors (Lipinski definition) is 3. The van der Waals surface area contributed by atoms with Gasteiger partial charge in [-0.05, 0) is 24.5 Å². The van der Waals surface area contributed by atoms with Gasteiger partial charge in [-0.1, -0.05) is 13.0 Å². The van der Waals surface area contributed by atoms with Crippen molar-refractivity contribution in [2.75, 3.05) is 25.6 Å². The Morgan fingerprint density at radius 3 is 2.75 bits per heavy atom. The number of methoxy groups -OCH3 is 1. The smallest absolute Gasteiger partial charge is 0.229 e. The first-order chi connectivity index (χ1) is 11.1. The molecule has 1 amide bonds. The average molecular weight is 444 g/mol. The zero-order valence-electron chi connectivity index (χ0n) is 14.3. The second-order valence-corrected chi connectivity index (χ2v) is 6.29. The van der Waals surface area contributed by atoms with Crippen LogP contribution in [0, 0.1) is 5.92 Å². The topological polar surface area (TPSA) is 66.0 Å². The number of amides is 1. The maximum absolute atomic E-state index is 12.3. The second kappa shape index (κ2) is 8.04. The van der Waals surface area contributed by atoms with Crippen LogP contribution in [0.4, 0.5) is 5.69 Å². The lowest BCUT2D eigenvalue weighted by Crippen LogP contribution is -2.45. The quantitative estimate of drug-likeness (QED) is 0.424. The van der Waals surface area contributed by atoms with Crippen LogP contribution in [-0.4, -0.2) is 44.7 Å². The highest BCUT2D eigenvalue weighted by Crippen LogP contribution is 2.29. The van der Waals surface area contributed by atoms with Gasteiger partial charge in [0.1, 0.15) is 5.75 Å². The summed E-state index contributed by atoms with van der Waals surface area (Å²) in [6, 6.07) is 8.17. The minimum absolute atomic E-state index is 0. The fraction of sp³-hybridized carbons (Fsp3) is 0.529. The van der Waals surface area contributed by atoms with Crippen LogP contribution in [-0.2, 0) is 4.79 Å². The highest BCUT2D eigenvalue weighted by molar-refractivity contribution is 14.0. The van der Waals surface area contributed by atoms with Gasteiger partial charge in [0.25, 0.3) is 0 Å². The summed E-state index contributed by atoms with van der Waals surface area (Å²) in [6.45, 7) is 2.85. The van der Waals surface area contributed by atoms with E-state index < -0.39 is 0 Å². The number of nitrogens with one attached hydrogen (secondary N) is 2. The molecule has 1 aromatic rings. The molecule has 2 N–H and O–H groups in total. The fourth-order valence-electron chi connectivity index (χ4n) is 2.90. The van der Waals surface area contributed by atoms with Crippen molar-refractivity contribution in [3.8, 4) is 5.75 Å². The number of rotatable bonds is 4. The average Bonchev–Trinajstić information content (AvgIpc) is 3.12. The van der Waals surface area contributed by atoms with E-state index in [1.165, 1.54) is 6.42 Å². The van der Waals surface area contributed by atoms with E-state index in [0.717, 1.165) is 17.4 Å². The highest BCUT2D eigenvalue weighted by atomic mass is 127. The summed E-state index contributed by atoms with van der Waals surface area (Å²) in [5.74, 6) is 2.36. The van der Waals surface area contributed by atoms with Gasteiger partial charge in [-0.15, -0.1) is 24.0 Å². The number of ether oxygens (including phenoxy) is 1. The van der Waals surface area contributed by atoms with Crippen LogP contribution in [0.25, 0.3) is 0 Å². The van der Waals surface area contributed by atoms with Gasteiger partial charge in [-0.2, -0.15) is 0 Å². The summed E-state index contributed by atoms with van der Waals surface area (Å²) in [4.78, 5) is 18.4. The van der Waals surface area contributed by atoms with Crippen molar-refractivity contribution >= 4 is 41.5 Å². The first-order valence-electron chi connectivity index (χ1n) is 8.05. The summed E-state index contributed by atoms with van der Waals surface area (Å²) < 4.78 is 5.24. The van der Waals surface area contributed by atoms with Crippen LogP contribution in [0.2, 0.25) is 0 Å². The number of anilines is 1. The molecule has 1 heterocycles. The van der Waals surface area contributed by atoms with Crippen molar-refractivity contribution < 1.29 is 9.53 Å². The van der Waals surface area contributed by atoms with Crippen molar-refractivity contribution in [2.24, 2.45) is 10.9 Å².